The highest BCUT2D eigenvalue weighted by Gasteiger charge is 2.16. The number of hydrogen-bond acceptors (Lipinski definition) is 4. The van der Waals surface area contributed by atoms with E-state index in [2.05, 4.69) is 10.6 Å². The number of carbonyl (C=O) groups is 1. The first-order valence-electron chi connectivity index (χ1n) is 8.39. The molecule has 128 valence electrons. The van der Waals surface area contributed by atoms with E-state index in [-0.39, 0.29) is 0 Å². The van der Waals surface area contributed by atoms with Gasteiger partial charge in [-0.2, -0.15) is 0 Å². The Balaban J connectivity index is 1.68. The van der Waals surface area contributed by atoms with Gasteiger partial charge < -0.3 is 14.8 Å². The average Bonchev–Trinajstić information content (AvgIpc) is 2.96. The van der Waals surface area contributed by atoms with Crippen LogP contribution >= 0.6 is 0 Å². The summed E-state index contributed by atoms with van der Waals surface area (Å²) in [6.45, 7) is 7.02. The van der Waals surface area contributed by atoms with Crippen LogP contribution in [0.5, 0.6) is 5.75 Å². The fourth-order valence-corrected chi connectivity index (χ4v) is 2.62. The van der Waals surface area contributed by atoms with Gasteiger partial charge in [0.15, 0.2) is 0 Å². The van der Waals surface area contributed by atoms with Gasteiger partial charge in [-0.3, -0.25) is 5.32 Å². The molecule has 1 aliphatic rings. The molecule has 1 aromatic rings. The smallest absolute Gasteiger partial charge is 0.412 e. The Bertz CT molecular complexity index is 488. The third-order valence-electron chi connectivity index (χ3n) is 3.66. The lowest BCUT2D eigenvalue weighted by Gasteiger charge is -2.19. The average molecular weight is 320 g/mol. The van der Waals surface area contributed by atoms with Crippen molar-refractivity contribution in [1.82, 2.24) is 5.32 Å². The fraction of sp³-hybridized carbons (Fsp3) is 0.611. The minimum atomic E-state index is -0.501. The summed E-state index contributed by atoms with van der Waals surface area (Å²) in [4.78, 5) is 11.7. The number of rotatable bonds is 6. The maximum Gasteiger partial charge on any atom is 0.412 e. The van der Waals surface area contributed by atoms with Crippen LogP contribution in [0, 0.1) is 0 Å². The first-order chi connectivity index (χ1) is 10.9. The zero-order chi connectivity index (χ0) is 16.7. The molecule has 2 rings (SSSR count). The zero-order valence-electron chi connectivity index (χ0n) is 14.4. The summed E-state index contributed by atoms with van der Waals surface area (Å²) in [5.74, 6) is 0.799. The topological polar surface area (TPSA) is 59.6 Å². The van der Waals surface area contributed by atoms with Crippen LogP contribution in [0.25, 0.3) is 0 Å². The molecule has 0 atom stereocenters. The Kier molecular flexibility index (Phi) is 6.28. The van der Waals surface area contributed by atoms with Crippen LogP contribution in [0.1, 0.15) is 46.5 Å². The highest BCUT2D eigenvalue weighted by molar-refractivity contribution is 5.84. The Morgan fingerprint density at radius 2 is 1.83 bits per heavy atom. The predicted octanol–water partition coefficient (Wildman–Crippen LogP) is 3.94. The number of nitrogens with one attached hydrogen (secondary N) is 2. The van der Waals surface area contributed by atoms with Crippen molar-refractivity contribution in [2.24, 2.45) is 0 Å². The molecule has 0 radical (unpaired) electrons. The second kappa shape index (κ2) is 8.20. The second-order valence-electron chi connectivity index (χ2n) is 6.94. The monoisotopic (exact) mass is 320 g/mol. The molecule has 5 nitrogen and oxygen atoms in total. The Morgan fingerprint density at radius 1 is 1.17 bits per heavy atom. The van der Waals surface area contributed by atoms with Crippen LogP contribution in [0.3, 0.4) is 0 Å². The summed E-state index contributed by atoms with van der Waals surface area (Å²) in [6.07, 6.45) is 4.79. The van der Waals surface area contributed by atoms with Crippen LogP contribution in [0.2, 0.25) is 0 Å². The van der Waals surface area contributed by atoms with E-state index in [1.807, 2.05) is 45.0 Å². The quantitative estimate of drug-likeness (QED) is 0.779. The highest BCUT2D eigenvalue weighted by atomic mass is 16.6. The van der Waals surface area contributed by atoms with Crippen molar-refractivity contribution in [2.75, 3.05) is 18.5 Å². The van der Waals surface area contributed by atoms with Gasteiger partial charge in [-0.05, 0) is 57.9 Å². The lowest BCUT2D eigenvalue weighted by Crippen LogP contribution is -2.30. The lowest BCUT2D eigenvalue weighted by atomic mass is 10.2. The standard InChI is InChI=1S/C18H28N2O3/c1-18(2,3)23-17(21)20-15-8-10-16(11-9-15)22-13-12-19-14-6-4-5-7-14/h8-11,14,19H,4-7,12-13H2,1-3H3,(H,20,21). The van der Waals surface area contributed by atoms with Gasteiger partial charge in [0, 0.05) is 18.3 Å². The number of carbonyl (C=O) groups excluding carboxylic acids is 1. The molecule has 0 bridgehead atoms. The zero-order valence-corrected chi connectivity index (χ0v) is 14.4. The molecular formula is C18H28N2O3. The first kappa shape index (κ1) is 17.6. The minimum Gasteiger partial charge on any atom is -0.492 e. The molecule has 1 amide bonds. The fourth-order valence-electron chi connectivity index (χ4n) is 2.62. The number of amides is 1. The van der Waals surface area contributed by atoms with E-state index in [4.69, 9.17) is 9.47 Å². The molecule has 1 fully saturated rings. The van der Waals surface area contributed by atoms with E-state index >= 15 is 0 Å². The molecule has 2 N–H and O–H groups in total. The Labute approximate surface area is 138 Å². The third kappa shape index (κ3) is 6.91. The Hall–Kier alpha value is -1.75. The summed E-state index contributed by atoms with van der Waals surface area (Å²) in [5, 5.41) is 6.21. The molecule has 0 aromatic heterocycles. The molecule has 1 saturated carbocycles. The summed E-state index contributed by atoms with van der Waals surface area (Å²) in [6, 6.07) is 7.98. The number of hydrogen-bond donors (Lipinski definition) is 2. The molecule has 5 heteroatoms. The van der Waals surface area contributed by atoms with Crippen LogP contribution in [0.15, 0.2) is 24.3 Å². The van der Waals surface area contributed by atoms with Crippen molar-refractivity contribution in [1.29, 1.82) is 0 Å². The van der Waals surface area contributed by atoms with Crippen LogP contribution in [0.4, 0.5) is 10.5 Å². The van der Waals surface area contributed by atoms with Gasteiger partial charge in [0.05, 0.1) is 0 Å². The molecule has 0 heterocycles. The van der Waals surface area contributed by atoms with E-state index in [0.717, 1.165) is 12.3 Å². The van der Waals surface area contributed by atoms with Gasteiger partial charge in [0.1, 0.15) is 18.0 Å². The highest BCUT2D eigenvalue weighted by Crippen LogP contribution is 2.18. The number of benzene rings is 1. The van der Waals surface area contributed by atoms with Crippen molar-refractivity contribution < 1.29 is 14.3 Å². The molecular weight excluding hydrogens is 292 g/mol. The molecule has 0 aliphatic heterocycles. The normalized spacial score (nSPS) is 15.4. The lowest BCUT2D eigenvalue weighted by molar-refractivity contribution is 0.0636. The number of ether oxygens (including phenoxy) is 2. The molecule has 23 heavy (non-hydrogen) atoms. The van der Waals surface area contributed by atoms with E-state index in [0.29, 0.717) is 18.3 Å². The van der Waals surface area contributed by atoms with Gasteiger partial charge in [-0.15, -0.1) is 0 Å². The van der Waals surface area contributed by atoms with Crippen LogP contribution in [-0.4, -0.2) is 30.9 Å². The summed E-state index contributed by atoms with van der Waals surface area (Å²) >= 11 is 0. The Morgan fingerprint density at radius 3 is 2.43 bits per heavy atom. The van der Waals surface area contributed by atoms with Crippen molar-refractivity contribution in [3.8, 4) is 5.75 Å². The maximum atomic E-state index is 11.7. The molecule has 1 aromatic carbocycles. The van der Waals surface area contributed by atoms with Gasteiger partial charge in [-0.1, -0.05) is 12.8 Å². The third-order valence-corrected chi connectivity index (χ3v) is 3.66. The second-order valence-corrected chi connectivity index (χ2v) is 6.94. The maximum absolute atomic E-state index is 11.7. The van der Waals surface area contributed by atoms with E-state index in [1.165, 1.54) is 25.7 Å². The van der Waals surface area contributed by atoms with E-state index < -0.39 is 11.7 Å². The van der Waals surface area contributed by atoms with Crippen LogP contribution in [-0.2, 0) is 4.74 Å². The van der Waals surface area contributed by atoms with Gasteiger partial charge in [0.2, 0.25) is 0 Å². The first-order valence-corrected chi connectivity index (χ1v) is 8.39. The van der Waals surface area contributed by atoms with Gasteiger partial charge in [-0.25, -0.2) is 4.79 Å². The predicted molar refractivity (Wildman–Crippen MR) is 92.1 cm³/mol. The van der Waals surface area contributed by atoms with Crippen molar-refractivity contribution in [2.45, 2.75) is 58.1 Å². The SMILES string of the molecule is CC(C)(C)OC(=O)Nc1ccc(OCCNC2CCCC2)cc1. The molecule has 0 spiro atoms. The molecule has 0 unspecified atom stereocenters. The van der Waals surface area contributed by atoms with Crippen molar-refractivity contribution in [3.63, 3.8) is 0 Å². The van der Waals surface area contributed by atoms with Crippen LogP contribution < -0.4 is 15.4 Å². The largest absolute Gasteiger partial charge is 0.492 e. The summed E-state index contributed by atoms with van der Waals surface area (Å²) in [7, 11) is 0. The molecule has 0 saturated heterocycles. The van der Waals surface area contributed by atoms with E-state index in [9.17, 15) is 4.79 Å². The van der Waals surface area contributed by atoms with Crippen molar-refractivity contribution in [3.05, 3.63) is 24.3 Å². The van der Waals surface area contributed by atoms with Gasteiger partial charge in [0.25, 0.3) is 0 Å². The molecule has 1 aliphatic carbocycles. The van der Waals surface area contributed by atoms with E-state index in [1.54, 1.807) is 0 Å². The summed E-state index contributed by atoms with van der Waals surface area (Å²) < 4.78 is 10.9. The summed E-state index contributed by atoms with van der Waals surface area (Å²) in [5.41, 5.74) is 0.190. The van der Waals surface area contributed by atoms with Crippen molar-refractivity contribution >= 4 is 11.8 Å². The minimum absolute atomic E-state index is 0.452. The van der Waals surface area contributed by atoms with Gasteiger partial charge >= 0.3 is 6.09 Å². The number of anilines is 1.